The van der Waals surface area contributed by atoms with E-state index in [-0.39, 0.29) is 18.3 Å². The molecule has 3 rings (SSSR count). The summed E-state index contributed by atoms with van der Waals surface area (Å²) in [7, 11) is 0. The van der Waals surface area contributed by atoms with Gasteiger partial charge in [0.1, 0.15) is 5.82 Å². The third-order valence-corrected chi connectivity index (χ3v) is 4.62. The summed E-state index contributed by atoms with van der Waals surface area (Å²) in [4.78, 5) is 14.0. The fourth-order valence-corrected chi connectivity index (χ4v) is 3.29. The Morgan fingerprint density at radius 1 is 1.23 bits per heavy atom. The van der Waals surface area contributed by atoms with Crippen molar-refractivity contribution in [2.45, 2.75) is 12.8 Å². The first-order chi connectivity index (χ1) is 10.6. The Hall–Kier alpha value is -1.69. The second kappa shape index (κ2) is 6.60. The molecule has 1 N–H and O–H groups in total. The average Bonchev–Trinajstić information content (AvgIpc) is 2.85. The monoisotopic (exact) mass is 310 g/mol. The van der Waals surface area contributed by atoms with Crippen molar-refractivity contribution in [3.05, 3.63) is 29.8 Å². The maximum atomic E-state index is 13.5. The number of halogens is 2. The van der Waals surface area contributed by atoms with Crippen LogP contribution >= 0.6 is 0 Å². The summed E-state index contributed by atoms with van der Waals surface area (Å²) in [5.41, 5.74) is 0. The maximum absolute atomic E-state index is 13.5. The van der Waals surface area contributed by atoms with Crippen LogP contribution in [0.2, 0.25) is 0 Å². The molecule has 0 aliphatic carbocycles. The molecule has 2 heterocycles. The van der Waals surface area contributed by atoms with Crippen LogP contribution in [0, 0.1) is 23.5 Å². The predicted molar refractivity (Wildman–Crippen MR) is 77.5 cm³/mol. The van der Waals surface area contributed by atoms with Crippen molar-refractivity contribution in [2.24, 2.45) is 11.8 Å². The van der Waals surface area contributed by atoms with E-state index in [1.165, 1.54) is 6.07 Å². The highest BCUT2D eigenvalue weighted by Gasteiger charge is 2.31. The number of rotatable bonds is 3. The predicted octanol–water partition coefficient (Wildman–Crippen LogP) is 1.80. The minimum absolute atomic E-state index is 0.0920. The number of nitrogens with zero attached hydrogens (tertiary/aromatic N) is 1. The number of carbonyl (C=O) groups is 1. The highest BCUT2D eigenvalue weighted by Crippen LogP contribution is 2.27. The van der Waals surface area contributed by atoms with Crippen molar-refractivity contribution in [3.63, 3.8) is 0 Å². The maximum Gasteiger partial charge on any atom is 0.260 e. The Labute approximate surface area is 128 Å². The van der Waals surface area contributed by atoms with Gasteiger partial charge < -0.3 is 15.0 Å². The van der Waals surface area contributed by atoms with Crippen LogP contribution < -0.4 is 10.1 Å². The number of carbonyl (C=O) groups excluding carboxylic acids is 1. The number of fused-ring (bicyclic) bond motifs is 1. The van der Waals surface area contributed by atoms with Gasteiger partial charge in [-0.3, -0.25) is 4.79 Å². The van der Waals surface area contributed by atoms with Gasteiger partial charge in [0.25, 0.3) is 5.91 Å². The van der Waals surface area contributed by atoms with E-state index in [2.05, 4.69) is 5.32 Å². The molecule has 2 fully saturated rings. The van der Waals surface area contributed by atoms with Gasteiger partial charge in [0.2, 0.25) is 0 Å². The van der Waals surface area contributed by atoms with E-state index in [4.69, 9.17) is 4.74 Å². The quantitative estimate of drug-likeness (QED) is 0.926. The summed E-state index contributed by atoms with van der Waals surface area (Å²) in [5.74, 6) is -0.392. The molecule has 1 amide bonds. The lowest BCUT2D eigenvalue weighted by Gasteiger charge is -2.21. The molecular formula is C16H20F2N2O2. The largest absolute Gasteiger partial charge is 0.481 e. The van der Waals surface area contributed by atoms with E-state index < -0.39 is 11.6 Å². The van der Waals surface area contributed by atoms with Gasteiger partial charge in [-0.05, 0) is 49.9 Å². The summed E-state index contributed by atoms with van der Waals surface area (Å²) < 4.78 is 31.5. The van der Waals surface area contributed by atoms with Crippen LogP contribution in [0.3, 0.4) is 0 Å². The number of hydrogen-bond acceptors (Lipinski definition) is 3. The molecule has 4 nitrogen and oxygen atoms in total. The average molecular weight is 310 g/mol. The zero-order valence-electron chi connectivity index (χ0n) is 12.4. The molecule has 2 saturated heterocycles. The molecule has 1 aromatic carbocycles. The molecule has 0 radical (unpaired) electrons. The number of ether oxygens (including phenoxy) is 1. The SMILES string of the molecule is O=C(COc1ccc(F)cc1F)N1CC[C@@H]2CNC[C@@H]2CC1. The Morgan fingerprint density at radius 3 is 2.55 bits per heavy atom. The number of amides is 1. The van der Waals surface area contributed by atoms with Crippen LogP contribution in [-0.4, -0.2) is 43.6 Å². The van der Waals surface area contributed by atoms with Gasteiger partial charge in [-0.1, -0.05) is 0 Å². The van der Waals surface area contributed by atoms with Gasteiger partial charge >= 0.3 is 0 Å². The van der Waals surface area contributed by atoms with Gasteiger partial charge in [0, 0.05) is 19.2 Å². The molecule has 1 aromatic rings. The highest BCUT2D eigenvalue weighted by molar-refractivity contribution is 5.77. The lowest BCUT2D eigenvalue weighted by Crippen LogP contribution is -2.36. The van der Waals surface area contributed by atoms with Crippen molar-refractivity contribution in [2.75, 3.05) is 32.8 Å². The molecule has 0 unspecified atom stereocenters. The van der Waals surface area contributed by atoms with E-state index in [1.54, 1.807) is 4.90 Å². The zero-order chi connectivity index (χ0) is 15.5. The number of benzene rings is 1. The first kappa shape index (κ1) is 15.2. The summed E-state index contributed by atoms with van der Waals surface area (Å²) in [5, 5.41) is 3.39. The molecule has 0 saturated carbocycles. The fraction of sp³-hybridized carbons (Fsp3) is 0.562. The normalized spacial score (nSPS) is 24.7. The summed E-state index contributed by atoms with van der Waals surface area (Å²) in [6.45, 7) is 3.29. The van der Waals surface area contributed by atoms with Crippen LogP contribution in [0.4, 0.5) is 8.78 Å². The van der Waals surface area contributed by atoms with Crippen LogP contribution in [0.5, 0.6) is 5.75 Å². The zero-order valence-corrected chi connectivity index (χ0v) is 12.4. The molecule has 0 spiro atoms. The molecule has 6 heteroatoms. The summed E-state index contributed by atoms with van der Waals surface area (Å²) in [6, 6.07) is 3.07. The topological polar surface area (TPSA) is 41.6 Å². The lowest BCUT2D eigenvalue weighted by atomic mass is 9.92. The smallest absolute Gasteiger partial charge is 0.260 e. The Balaban J connectivity index is 1.53. The standard InChI is InChI=1S/C16H20F2N2O2/c17-13-1-2-15(14(18)7-13)22-10-16(21)20-5-3-11-8-19-9-12(11)4-6-20/h1-2,7,11-12,19H,3-6,8-10H2/t11-,12+. The van der Waals surface area contributed by atoms with E-state index >= 15 is 0 Å². The van der Waals surface area contributed by atoms with Crippen molar-refractivity contribution in [3.8, 4) is 5.75 Å². The van der Waals surface area contributed by atoms with Gasteiger partial charge in [0.15, 0.2) is 18.2 Å². The second-order valence-electron chi connectivity index (χ2n) is 6.00. The minimum atomic E-state index is -0.788. The van der Waals surface area contributed by atoms with Gasteiger partial charge in [-0.25, -0.2) is 8.78 Å². The van der Waals surface area contributed by atoms with E-state index in [0.29, 0.717) is 11.8 Å². The fourth-order valence-electron chi connectivity index (χ4n) is 3.29. The summed E-state index contributed by atoms with van der Waals surface area (Å²) in [6.07, 6.45) is 1.99. The molecule has 2 atom stereocenters. The first-order valence-corrected chi connectivity index (χ1v) is 7.70. The number of likely N-dealkylation sites (tertiary alicyclic amines) is 1. The van der Waals surface area contributed by atoms with Crippen molar-refractivity contribution < 1.29 is 18.3 Å². The number of nitrogens with one attached hydrogen (secondary N) is 1. The molecule has 22 heavy (non-hydrogen) atoms. The third kappa shape index (κ3) is 3.38. The van der Waals surface area contributed by atoms with Crippen molar-refractivity contribution in [1.29, 1.82) is 0 Å². The van der Waals surface area contributed by atoms with Crippen LogP contribution in [0.1, 0.15) is 12.8 Å². The van der Waals surface area contributed by atoms with Crippen molar-refractivity contribution >= 4 is 5.91 Å². The van der Waals surface area contributed by atoms with E-state index in [0.717, 1.165) is 51.2 Å². The van der Waals surface area contributed by atoms with Crippen molar-refractivity contribution in [1.82, 2.24) is 10.2 Å². The molecule has 120 valence electrons. The molecule has 0 bridgehead atoms. The highest BCUT2D eigenvalue weighted by atomic mass is 19.1. The lowest BCUT2D eigenvalue weighted by molar-refractivity contribution is -0.133. The second-order valence-corrected chi connectivity index (χ2v) is 6.00. The summed E-state index contributed by atoms with van der Waals surface area (Å²) >= 11 is 0. The first-order valence-electron chi connectivity index (χ1n) is 7.70. The molecule has 2 aliphatic heterocycles. The van der Waals surface area contributed by atoms with Gasteiger partial charge in [0.05, 0.1) is 0 Å². The van der Waals surface area contributed by atoms with Crippen LogP contribution in [-0.2, 0) is 4.79 Å². The van der Waals surface area contributed by atoms with E-state index in [1.807, 2.05) is 0 Å². The van der Waals surface area contributed by atoms with E-state index in [9.17, 15) is 13.6 Å². The Morgan fingerprint density at radius 2 is 1.91 bits per heavy atom. The Kier molecular flexibility index (Phi) is 4.57. The van der Waals surface area contributed by atoms with Crippen LogP contribution in [0.25, 0.3) is 0 Å². The molecular weight excluding hydrogens is 290 g/mol. The van der Waals surface area contributed by atoms with Crippen LogP contribution in [0.15, 0.2) is 18.2 Å². The molecule has 0 aromatic heterocycles. The Bertz CT molecular complexity index is 539. The third-order valence-electron chi connectivity index (χ3n) is 4.62. The number of hydrogen-bond donors (Lipinski definition) is 1. The van der Waals surface area contributed by atoms with Gasteiger partial charge in [-0.2, -0.15) is 0 Å². The molecule has 2 aliphatic rings. The minimum Gasteiger partial charge on any atom is -0.481 e. The van der Waals surface area contributed by atoms with Gasteiger partial charge in [-0.15, -0.1) is 0 Å².